The predicted molar refractivity (Wildman–Crippen MR) is 69.0 cm³/mol. The first-order chi connectivity index (χ1) is 8.07. The van der Waals surface area contributed by atoms with Crippen molar-refractivity contribution in [2.75, 3.05) is 13.1 Å². The molecule has 1 amide bonds. The highest BCUT2D eigenvalue weighted by molar-refractivity contribution is 5.85. The minimum absolute atomic E-state index is 0. The molecule has 5 heteroatoms. The molecule has 1 saturated carbocycles. The number of nitrogens with zero attached hydrogens (tertiary/aromatic N) is 1. The summed E-state index contributed by atoms with van der Waals surface area (Å²) >= 11 is 0. The Morgan fingerprint density at radius 1 is 1.56 bits per heavy atom. The third-order valence-electron chi connectivity index (χ3n) is 3.80. The average molecular weight is 271 g/mol. The molecule has 2 atom stereocenters. The third-order valence-corrected chi connectivity index (χ3v) is 3.80. The summed E-state index contributed by atoms with van der Waals surface area (Å²) in [5.74, 6) is 0.237. The van der Waals surface area contributed by atoms with Crippen molar-refractivity contribution in [3.05, 3.63) is 35.6 Å². The van der Waals surface area contributed by atoms with Crippen molar-refractivity contribution in [1.29, 1.82) is 0 Å². The van der Waals surface area contributed by atoms with Crippen LogP contribution in [0.3, 0.4) is 0 Å². The van der Waals surface area contributed by atoms with Gasteiger partial charge in [0, 0.05) is 18.6 Å². The molecule has 1 saturated heterocycles. The van der Waals surface area contributed by atoms with E-state index in [1.165, 1.54) is 12.1 Å². The van der Waals surface area contributed by atoms with E-state index in [-0.39, 0.29) is 36.1 Å². The van der Waals surface area contributed by atoms with E-state index in [9.17, 15) is 9.18 Å². The molecule has 2 N–H and O–H groups in total. The number of hydrogen-bond acceptors (Lipinski definition) is 2. The molecule has 3 rings (SSSR count). The summed E-state index contributed by atoms with van der Waals surface area (Å²) in [5.41, 5.74) is 6.65. The number of benzene rings is 1. The van der Waals surface area contributed by atoms with Gasteiger partial charge in [-0.05, 0) is 30.0 Å². The van der Waals surface area contributed by atoms with Crippen LogP contribution in [0.25, 0.3) is 0 Å². The fraction of sp³-hybridized carbons (Fsp3) is 0.462. The molecule has 0 bridgehead atoms. The van der Waals surface area contributed by atoms with Gasteiger partial charge >= 0.3 is 0 Å². The van der Waals surface area contributed by atoms with E-state index in [1.807, 2.05) is 0 Å². The molecule has 1 aliphatic carbocycles. The van der Waals surface area contributed by atoms with E-state index in [4.69, 9.17) is 5.73 Å². The van der Waals surface area contributed by atoms with Crippen molar-refractivity contribution in [3.63, 3.8) is 0 Å². The van der Waals surface area contributed by atoms with Crippen LogP contribution < -0.4 is 5.73 Å². The van der Waals surface area contributed by atoms with Crippen LogP contribution in [-0.2, 0) is 11.2 Å². The molecule has 98 valence electrons. The van der Waals surface area contributed by atoms with Gasteiger partial charge in [-0.1, -0.05) is 12.1 Å². The van der Waals surface area contributed by atoms with Gasteiger partial charge in [-0.2, -0.15) is 0 Å². The van der Waals surface area contributed by atoms with Crippen LogP contribution >= 0.6 is 12.4 Å². The molecule has 1 aromatic rings. The zero-order chi connectivity index (χ0) is 12.0. The standard InChI is InChI=1S/C13H15FN2O.ClH/c14-11-3-1-2-9(4-11)5-12(17)16-7-10-6-13(10,15)8-16;/h1-4,10H,5-8,15H2;1H. The Morgan fingerprint density at radius 3 is 2.94 bits per heavy atom. The second-order valence-corrected chi connectivity index (χ2v) is 5.22. The molecular weight excluding hydrogens is 255 g/mol. The summed E-state index contributed by atoms with van der Waals surface area (Å²) in [6.07, 6.45) is 1.30. The maximum absolute atomic E-state index is 13.0. The molecule has 0 radical (unpaired) electrons. The van der Waals surface area contributed by atoms with Crippen LogP contribution in [0.2, 0.25) is 0 Å². The van der Waals surface area contributed by atoms with E-state index in [0.717, 1.165) is 18.5 Å². The summed E-state index contributed by atoms with van der Waals surface area (Å²) in [6, 6.07) is 6.20. The highest BCUT2D eigenvalue weighted by Gasteiger charge is 2.58. The summed E-state index contributed by atoms with van der Waals surface area (Å²) in [5, 5.41) is 0. The van der Waals surface area contributed by atoms with Crippen LogP contribution in [-0.4, -0.2) is 29.4 Å². The van der Waals surface area contributed by atoms with Crippen molar-refractivity contribution < 1.29 is 9.18 Å². The average Bonchev–Trinajstić information content (AvgIpc) is 2.77. The van der Waals surface area contributed by atoms with E-state index < -0.39 is 0 Å². The third kappa shape index (κ3) is 2.35. The number of fused-ring (bicyclic) bond motifs is 1. The van der Waals surface area contributed by atoms with E-state index >= 15 is 0 Å². The largest absolute Gasteiger partial charge is 0.340 e. The molecule has 2 unspecified atom stereocenters. The summed E-state index contributed by atoms with van der Waals surface area (Å²) in [4.78, 5) is 13.8. The van der Waals surface area contributed by atoms with Gasteiger partial charge in [0.05, 0.1) is 6.42 Å². The molecule has 0 spiro atoms. The number of carbonyl (C=O) groups excluding carboxylic acids is 1. The number of hydrogen-bond donors (Lipinski definition) is 1. The molecule has 1 heterocycles. The molecule has 1 aromatic carbocycles. The van der Waals surface area contributed by atoms with Crippen LogP contribution in [0.15, 0.2) is 24.3 Å². The fourth-order valence-corrected chi connectivity index (χ4v) is 2.65. The Labute approximate surface area is 112 Å². The lowest BCUT2D eigenvalue weighted by molar-refractivity contribution is -0.130. The van der Waals surface area contributed by atoms with E-state index in [2.05, 4.69) is 0 Å². The molecule has 2 aliphatic rings. The summed E-state index contributed by atoms with van der Waals surface area (Å²) < 4.78 is 13.0. The lowest BCUT2D eigenvalue weighted by Gasteiger charge is -2.19. The number of rotatable bonds is 2. The Bertz CT molecular complexity index is 482. The first-order valence-electron chi connectivity index (χ1n) is 5.88. The van der Waals surface area contributed by atoms with Crippen molar-refractivity contribution in [3.8, 4) is 0 Å². The predicted octanol–water partition coefficient (Wildman–Crippen LogP) is 1.35. The minimum Gasteiger partial charge on any atom is -0.340 e. The zero-order valence-corrected chi connectivity index (χ0v) is 10.8. The molecule has 2 fully saturated rings. The van der Waals surface area contributed by atoms with Crippen LogP contribution in [0, 0.1) is 11.7 Å². The number of carbonyl (C=O) groups is 1. The molecular formula is C13H16ClFN2O. The van der Waals surface area contributed by atoms with E-state index in [0.29, 0.717) is 12.5 Å². The summed E-state index contributed by atoms with van der Waals surface area (Å²) in [6.45, 7) is 1.43. The molecule has 18 heavy (non-hydrogen) atoms. The van der Waals surface area contributed by atoms with Crippen molar-refractivity contribution in [1.82, 2.24) is 4.90 Å². The molecule has 0 aromatic heterocycles. The number of amides is 1. The topological polar surface area (TPSA) is 46.3 Å². The quantitative estimate of drug-likeness (QED) is 0.882. The highest BCUT2D eigenvalue weighted by Crippen LogP contribution is 2.47. The SMILES string of the molecule is Cl.NC12CC1CN(C(=O)Cc1cccc(F)c1)C2. The first kappa shape index (κ1) is 13.3. The highest BCUT2D eigenvalue weighted by atomic mass is 35.5. The van der Waals surface area contributed by atoms with Crippen LogP contribution in [0.1, 0.15) is 12.0 Å². The summed E-state index contributed by atoms with van der Waals surface area (Å²) in [7, 11) is 0. The lowest BCUT2D eigenvalue weighted by atomic mass is 10.1. The van der Waals surface area contributed by atoms with E-state index in [1.54, 1.807) is 17.0 Å². The monoisotopic (exact) mass is 270 g/mol. The number of likely N-dealkylation sites (tertiary alicyclic amines) is 1. The fourth-order valence-electron chi connectivity index (χ4n) is 2.65. The lowest BCUT2D eigenvalue weighted by Crippen LogP contribution is -2.37. The minimum atomic E-state index is -0.296. The normalized spacial score (nSPS) is 28.6. The van der Waals surface area contributed by atoms with Crippen molar-refractivity contribution in [2.45, 2.75) is 18.4 Å². The van der Waals surface area contributed by atoms with Crippen LogP contribution in [0.4, 0.5) is 4.39 Å². The first-order valence-corrected chi connectivity index (χ1v) is 5.88. The van der Waals surface area contributed by atoms with Crippen molar-refractivity contribution >= 4 is 18.3 Å². The molecule has 3 nitrogen and oxygen atoms in total. The van der Waals surface area contributed by atoms with Gasteiger partial charge in [-0.25, -0.2) is 4.39 Å². The number of piperidine rings is 1. The molecule has 1 aliphatic heterocycles. The Balaban J connectivity index is 0.00000120. The van der Waals surface area contributed by atoms with Crippen LogP contribution in [0.5, 0.6) is 0 Å². The van der Waals surface area contributed by atoms with Crippen molar-refractivity contribution in [2.24, 2.45) is 11.7 Å². The van der Waals surface area contributed by atoms with Gasteiger partial charge in [0.1, 0.15) is 5.82 Å². The Kier molecular flexibility index (Phi) is 3.34. The smallest absolute Gasteiger partial charge is 0.227 e. The maximum atomic E-state index is 13.0. The van der Waals surface area contributed by atoms with Gasteiger partial charge in [-0.15, -0.1) is 12.4 Å². The number of nitrogens with two attached hydrogens (primary N) is 1. The number of halogens is 2. The maximum Gasteiger partial charge on any atom is 0.227 e. The van der Waals surface area contributed by atoms with Gasteiger partial charge < -0.3 is 10.6 Å². The van der Waals surface area contributed by atoms with Gasteiger partial charge in [0.15, 0.2) is 0 Å². The van der Waals surface area contributed by atoms with Gasteiger partial charge in [-0.3, -0.25) is 4.79 Å². The van der Waals surface area contributed by atoms with Gasteiger partial charge in [0.2, 0.25) is 5.91 Å². The van der Waals surface area contributed by atoms with Gasteiger partial charge in [0.25, 0.3) is 0 Å². The Hall–Kier alpha value is -1.13. The second kappa shape index (κ2) is 4.52. The second-order valence-electron chi connectivity index (χ2n) is 5.22. The zero-order valence-electron chi connectivity index (χ0n) is 9.93. The Morgan fingerprint density at radius 2 is 2.33 bits per heavy atom.